The van der Waals surface area contributed by atoms with E-state index in [1.807, 2.05) is 0 Å². The topological polar surface area (TPSA) is 16.1 Å². The Morgan fingerprint density at radius 2 is 2.04 bits per heavy atom. The van der Waals surface area contributed by atoms with Gasteiger partial charge in [-0.1, -0.05) is 6.07 Å². The van der Waals surface area contributed by atoms with Crippen LogP contribution in [0.3, 0.4) is 0 Å². The van der Waals surface area contributed by atoms with Crippen LogP contribution in [0.2, 0.25) is 0 Å². The molecule has 0 radical (unpaired) electrons. The van der Waals surface area contributed by atoms with Gasteiger partial charge < -0.3 is 0 Å². The van der Waals surface area contributed by atoms with Crippen LogP contribution in [0.1, 0.15) is 42.9 Å². The summed E-state index contributed by atoms with van der Waals surface area (Å²) < 4.78 is 37.8. The number of halogens is 3. The van der Waals surface area contributed by atoms with Gasteiger partial charge in [-0.05, 0) is 49.8 Å². The molecule has 2 atom stereocenters. The van der Waals surface area contributed by atoms with E-state index in [9.17, 15) is 13.2 Å². The van der Waals surface area contributed by atoms with E-state index in [1.165, 1.54) is 37.2 Å². The quantitative estimate of drug-likeness (QED) is 0.802. The number of hydrogen-bond donors (Lipinski definition) is 0. The van der Waals surface area contributed by atoms with Gasteiger partial charge in [-0.2, -0.15) is 24.9 Å². The molecule has 0 amide bonds. The number of hydrogen-bond acceptors (Lipinski definition) is 3. The minimum atomic E-state index is -4.35. The van der Waals surface area contributed by atoms with Gasteiger partial charge in [-0.15, -0.1) is 0 Å². The first-order valence-electron chi connectivity index (χ1n) is 8.30. The normalized spacial score (nSPS) is 30.7. The number of rotatable bonds is 2. The highest BCUT2D eigenvalue weighted by Crippen LogP contribution is 2.48. The van der Waals surface area contributed by atoms with Gasteiger partial charge in [0.05, 0.1) is 0 Å². The highest BCUT2D eigenvalue weighted by molar-refractivity contribution is 8.00. The van der Waals surface area contributed by atoms with Crippen molar-refractivity contribution in [2.24, 2.45) is 5.41 Å². The molecule has 1 unspecified atom stereocenters. The van der Waals surface area contributed by atoms with Crippen LogP contribution in [-0.2, 0) is 6.18 Å². The third-order valence-electron chi connectivity index (χ3n) is 5.75. The van der Waals surface area contributed by atoms with Crippen molar-refractivity contribution in [1.29, 1.82) is 0 Å². The molecule has 6 heteroatoms. The number of pyridine rings is 1. The molecular formula is C17H21F3N2S. The maximum atomic E-state index is 12.6. The predicted molar refractivity (Wildman–Crippen MR) is 85.6 cm³/mol. The lowest BCUT2D eigenvalue weighted by Gasteiger charge is -2.38. The minimum Gasteiger partial charge on any atom is -0.300 e. The molecule has 1 aliphatic carbocycles. The first kappa shape index (κ1) is 15.8. The SMILES string of the molecule is FC(F)(F)c1ccc([C@H]2CCC(N3CCC4(CSC4)C3)C2)cn1. The number of alkyl halides is 3. The zero-order valence-corrected chi connectivity index (χ0v) is 13.8. The highest BCUT2D eigenvalue weighted by Gasteiger charge is 2.46. The third-order valence-corrected chi connectivity index (χ3v) is 7.39. The van der Waals surface area contributed by atoms with Crippen molar-refractivity contribution in [1.82, 2.24) is 9.88 Å². The lowest BCUT2D eigenvalue weighted by Crippen LogP contribution is -2.40. The molecular weight excluding hydrogens is 321 g/mol. The van der Waals surface area contributed by atoms with Crippen LogP contribution < -0.4 is 0 Å². The fraction of sp³-hybridized carbons (Fsp3) is 0.706. The Kier molecular flexibility index (Phi) is 3.88. The van der Waals surface area contributed by atoms with Crippen molar-refractivity contribution in [2.75, 3.05) is 24.6 Å². The summed E-state index contributed by atoms with van der Waals surface area (Å²) in [7, 11) is 0. The van der Waals surface area contributed by atoms with E-state index in [1.54, 1.807) is 6.07 Å². The molecule has 4 rings (SSSR count). The predicted octanol–water partition coefficient (Wildman–Crippen LogP) is 4.18. The van der Waals surface area contributed by atoms with E-state index >= 15 is 0 Å². The summed E-state index contributed by atoms with van der Waals surface area (Å²) >= 11 is 2.05. The highest BCUT2D eigenvalue weighted by atomic mass is 32.2. The number of nitrogens with zero attached hydrogens (tertiary/aromatic N) is 2. The van der Waals surface area contributed by atoms with E-state index in [0.29, 0.717) is 17.4 Å². The maximum absolute atomic E-state index is 12.6. The first-order valence-corrected chi connectivity index (χ1v) is 9.46. The molecule has 0 N–H and O–H groups in total. The van der Waals surface area contributed by atoms with E-state index in [0.717, 1.165) is 30.9 Å². The molecule has 23 heavy (non-hydrogen) atoms. The average molecular weight is 342 g/mol. The molecule has 3 aliphatic rings. The van der Waals surface area contributed by atoms with Crippen LogP contribution in [0.25, 0.3) is 0 Å². The summed E-state index contributed by atoms with van der Waals surface area (Å²) in [6.45, 7) is 2.42. The Morgan fingerprint density at radius 1 is 1.22 bits per heavy atom. The molecule has 0 aromatic carbocycles. The largest absolute Gasteiger partial charge is 0.433 e. The van der Waals surface area contributed by atoms with Gasteiger partial charge in [-0.3, -0.25) is 9.88 Å². The summed E-state index contributed by atoms with van der Waals surface area (Å²) in [5.41, 5.74) is 0.756. The number of likely N-dealkylation sites (tertiary alicyclic amines) is 1. The number of thioether (sulfide) groups is 1. The third kappa shape index (κ3) is 3.00. The van der Waals surface area contributed by atoms with Crippen molar-refractivity contribution in [3.05, 3.63) is 29.6 Å². The lowest BCUT2D eigenvalue weighted by atomic mass is 9.91. The van der Waals surface area contributed by atoms with Gasteiger partial charge in [0.1, 0.15) is 5.69 Å². The molecule has 1 spiro atoms. The van der Waals surface area contributed by atoms with Gasteiger partial charge in [0.15, 0.2) is 0 Å². The Bertz CT molecular complexity index is 568. The molecule has 3 heterocycles. The van der Waals surface area contributed by atoms with Crippen molar-refractivity contribution < 1.29 is 13.2 Å². The van der Waals surface area contributed by atoms with E-state index < -0.39 is 11.9 Å². The Labute approximate surface area is 138 Å². The zero-order chi connectivity index (χ0) is 16.1. The second-order valence-corrected chi connectivity index (χ2v) is 8.34. The van der Waals surface area contributed by atoms with Gasteiger partial charge in [0.2, 0.25) is 0 Å². The monoisotopic (exact) mass is 342 g/mol. The van der Waals surface area contributed by atoms with Crippen LogP contribution >= 0.6 is 11.8 Å². The van der Waals surface area contributed by atoms with Crippen LogP contribution in [0.15, 0.2) is 18.3 Å². The second kappa shape index (κ2) is 5.66. The summed E-state index contributed by atoms with van der Waals surface area (Å²) in [6.07, 6.45) is 1.70. The average Bonchev–Trinajstić information content (AvgIpc) is 3.13. The van der Waals surface area contributed by atoms with Crippen molar-refractivity contribution in [3.63, 3.8) is 0 Å². The molecule has 1 aromatic rings. The first-order chi connectivity index (χ1) is 11.0. The van der Waals surface area contributed by atoms with Gasteiger partial charge in [0, 0.05) is 35.7 Å². The summed E-state index contributed by atoms with van der Waals surface area (Å²) in [6, 6.07) is 3.35. The second-order valence-electron chi connectivity index (χ2n) is 7.35. The molecule has 126 valence electrons. The molecule has 2 nitrogen and oxygen atoms in total. The lowest BCUT2D eigenvalue weighted by molar-refractivity contribution is -0.141. The molecule has 3 fully saturated rings. The molecule has 2 saturated heterocycles. The van der Waals surface area contributed by atoms with Gasteiger partial charge in [0.25, 0.3) is 0 Å². The fourth-order valence-electron chi connectivity index (χ4n) is 4.31. The standard InChI is InChI=1S/C17H21F3N2S/c18-17(19,20)15-4-2-13(8-21-15)12-1-3-14(7-12)22-6-5-16(9-22)10-23-11-16/h2,4,8,12,14H,1,3,5-7,9-11H2/t12-,14?/m0/s1. The van der Waals surface area contributed by atoms with Crippen LogP contribution in [0.4, 0.5) is 13.2 Å². The summed E-state index contributed by atoms with van der Waals surface area (Å²) in [5.74, 6) is 2.98. The van der Waals surface area contributed by atoms with E-state index in [4.69, 9.17) is 0 Å². The van der Waals surface area contributed by atoms with Crippen molar-refractivity contribution in [2.45, 2.75) is 43.8 Å². The maximum Gasteiger partial charge on any atom is 0.433 e. The Balaban J connectivity index is 1.38. The van der Waals surface area contributed by atoms with Gasteiger partial charge in [-0.25, -0.2) is 0 Å². The molecule has 2 aliphatic heterocycles. The van der Waals surface area contributed by atoms with Crippen molar-refractivity contribution in [3.8, 4) is 0 Å². The summed E-state index contributed by atoms with van der Waals surface area (Å²) in [5, 5.41) is 0. The van der Waals surface area contributed by atoms with Crippen LogP contribution in [-0.4, -0.2) is 40.5 Å². The molecule has 1 aromatic heterocycles. The van der Waals surface area contributed by atoms with Crippen LogP contribution in [0, 0.1) is 5.41 Å². The van der Waals surface area contributed by atoms with E-state index in [-0.39, 0.29) is 0 Å². The molecule has 0 bridgehead atoms. The van der Waals surface area contributed by atoms with Crippen LogP contribution in [0.5, 0.6) is 0 Å². The number of aromatic nitrogens is 1. The Morgan fingerprint density at radius 3 is 2.61 bits per heavy atom. The fourth-order valence-corrected chi connectivity index (χ4v) is 5.57. The zero-order valence-electron chi connectivity index (χ0n) is 13.0. The molecule has 1 saturated carbocycles. The minimum absolute atomic E-state index is 0.363. The van der Waals surface area contributed by atoms with Gasteiger partial charge >= 0.3 is 6.18 Å². The van der Waals surface area contributed by atoms with Crippen molar-refractivity contribution >= 4 is 11.8 Å². The Hall–Kier alpha value is -0.750. The summed E-state index contributed by atoms with van der Waals surface area (Å²) in [4.78, 5) is 6.26. The van der Waals surface area contributed by atoms with E-state index in [2.05, 4.69) is 21.6 Å². The smallest absolute Gasteiger partial charge is 0.300 e.